The number of rotatable bonds is 6. The van der Waals surface area contributed by atoms with Gasteiger partial charge < -0.3 is 15.4 Å². The summed E-state index contributed by atoms with van der Waals surface area (Å²) in [5, 5.41) is 12.2. The molecule has 10 heteroatoms. The smallest absolute Gasteiger partial charge is 0.321 e. The number of hydrogen-bond donors (Lipinski definition) is 3. The van der Waals surface area contributed by atoms with Crippen LogP contribution >= 0.6 is 0 Å². The van der Waals surface area contributed by atoms with Crippen molar-refractivity contribution in [1.82, 2.24) is 30.2 Å². The number of nitrogens with one attached hydrogen (secondary N) is 3. The van der Waals surface area contributed by atoms with Crippen LogP contribution in [0.25, 0.3) is 16.8 Å². The van der Waals surface area contributed by atoms with Crippen LogP contribution in [0.3, 0.4) is 0 Å². The second-order valence-electron chi connectivity index (χ2n) is 5.75. The van der Waals surface area contributed by atoms with Gasteiger partial charge in [-0.1, -0.05) is 0 Å². The Kier molecular flexibility index (Phi) is 5.68. The fraction of sp³-hybridized carbons (Fsp3) is 0.278. The third-order valence-electron chi connectivity index (χ3n) is 3.88. The van der Waals surface area contributed by atoms with E-state index >= 15 is 0 Å². The lowest BCUT2D eigenvalue weighted by atomic mass is 10.1. The van der Waals surface area contributed by atoms with E-state index in [0.29, 0.717) is 35.6 Å². The summed E-state index contributed by atoms with van der Waals surface area (Å²) < 4.78 is 6.78. The average molecular weight is 383 g/mol. The third-order valence-corrected chi connectivity index (χ3v) is 3.88. The maximum Gasteiger partial charge on any atom is 0.321 e. The molecule has 3 rings (SSSR count). The summed E-state index contributed by atoms with van der Waals surface area (Å²) in [6.07, 6.45) is 3.27. The first-order valence-corrected chi connectivity index (χ1v) is 8.79. The first kappa shape index (κ1) is 19.1. The summed E-state index contributed by atoms with van der Waals surface area (Å²) in [5.74, 6) is 0.389. The molecule has 0 fully saturated rings. The number of urea groups is 1. The van der Waals surface area contributed by atoms with Crippen LogP contribution in [-0.4, -0.2) is 51.7 Å². The van der Waals surface area contributed by atoms with Crippen LogP contribution in [-0.2, 0) is 0 Å². The minimum absolute atomic E-state index is 0.0896. The Morgan fingerprint density at radius 3 is 2.68 bits per heavy atom. The predicted octanol–water partition coefficient (Wildman–Crippen LogP) is 1.69. The van der Waals surface area contributed by atoms with Gasteiger partial charge in [0.05, 0.1) is 7.11 Å². The van der Waals surface area contributed by atoms with E-state index in [-0.39, 0.29) is 17.5 Å². The molecule has 3 heterocycles. The molecule has 0 saturated heterocycles. The van der Waals surface area contributed by atoms with Gasteiger partial charge in [0.25, 0.3) is 11.9 Å². The van der Waals surface area contributed by atoms with Crippen LogP contribution in [0.5, 0.6) is 5.75 Å². The summed E-state index contributed by atoms with van der Waals surface area (Å²) in [6.45, 7) is 4.55. The van der Waals surface area contributed by atoms with Crippen LogP contribution in [0.15, 0.2) is 30.6 Å². The van der Waals surface area contributed by atoms with Crippen molar-refractivity contribution in [3.05, 3.63) is 36.3 Å². The summed E-state index contributed by atoms with van der Waals surface area (Å²) in [5.41, 5.74) is 2.07. The van der Waals surface area contributed by atoms with Crippen molar-refractivity contribution in [2.45, 2.75) is 13.8 Å². The van der Waals surface area contributed by atoms with Crippen LogP contribution in [0.1, 0.15) is 24.3 Å². The van der Waals surface area contributed by atoms with E-state index < -0.39 is 6.03 Å². The fourth-order valence-electron chi connectivity index (χ4n) is 2.69. The van der Waals surface area contributed by atoms with Crippen molar-refractivity contribution in [2.75, 3.05) is 25.5 Å². The molecular formula is C18H21N7O3. The number of hydrogen-bond acceptors (Lipinski definition) is 6. The average Bonchev–Trinajstić information content (AvgIpc) is 3.09. The number of nitrogens with zero attached hydrogens (tertiary/aromatic N) is 4. The molecule has 0 aliphatic heterocycles. The topological polar surface area (TPSA) is 123 Å². The standard InChI is InChI=1S/C18H21N7O3/c1-4-20-16(26)13-8-11(12-10-19-7-6-14(12)28-3)9-15-22-17(24-25(13)15)23-18(27)21-5-2/h6-10H,4-5H2,1-3H3,(H,20,26)(H2,21,23,24,27). The number of carbonyl (C=O) groups excluding carboxylic acids is 2. The number of methoxy groups -OCH3 is 1. The Labute approximate surface area is 161 Å². The van der Waals surface area contributed by atoms with Crippen LogP contribution in [0.4, 0.5) is 10.7 Å². The zero-order valence-electron chi connectivity index (χ0n) is 15.8. The zero-order valence-corrected chi connectivity index (χ0v) is 15.8. The van der Waals surface area contributed by atoms with E-state index in [0.717, 1.165) is 0 Å². The number of ether oxygens (including phenoxy) is 1. The number of aromatic nitrogens is 4. The van der Waals surface area contributed by atoms with Gasteiger partial charge in [-0.15, -0.1) is 5.10 Å². The van der Waals surface area contributed by atoms with Gasteiger partial charge >= 0.3 is 6.03 Å². The Bertz CT molecular complexity index is 1020. The van der Waals surface area contributed by atoms with E-state index in [1.54, 1.807) is 44.6 Å². The van der Waals surface area contributed by atoms with Crippen molar-refractivity contribution in [3.63, 3.8) is 0 Å². The fourth-order valence-corrected chi connectivity index (χ4v) is 2.69. The van der Waals surface area contributed by atoms with E-state index in [1.165, 1.54) is 4.52 Å². The van der Waals surface area contributed by atoms with Gasteiger partial charge in [-0.3, -0.25) is 15.1 Å². The predicted molar refractivity (Wildman–Crippen MR) is 103 cm³/mol. The molecule has 0 aromatic carbocycles. The molecule has 3 aromatic rings. The van der Waals surface area contributed by atoms with Crippen LogP contribution in [0.2, 0.25) is 0 Å². The first-order valence-electron chi connectivity index (χ1n) is 8.79. The quantitative estimate of drug-likeness (QED) is 0.595. The summed E-state index contributed by atoms with van der Waals surface area (Å²) in [4.78, 5) is 32.8. The second-order valence-corrected chi connectivity index (χ2v) is 5.75. The molecule has 0 aliphatic carbocycles. The molecule has 0 atom stereocenters. The minimum atomic E-state index is -0.424. The molecule has 3 aromatic heterocycles. The number of fused-ring (bicyclic) bond motifs is 1. The second kappa shape index (κ2) is 8.33. The Balaban J connectivity index is 2.13. The van der Waals surface area contributed by atoms with Crippen molar-refractivity contribution in [1.29, 1.82) is 0 Å². The molecule has 0 unspecified atom stereocenters. The van der Waals surface area contributed by atoms with Gasteiger partial charge in [0.2, 0.25) is 0 Å². The molecule has 146 valence electrons. The van der Waals surface area contributed by atoms with E-state index in [4.69, 9.17) is 4.74 Å². The van der Waals surface area contributed by atoms with Gasteiger partial charge in [0.1, 0.15) is 11.4 Å². The lowest BCUT2D eigenvalue weighted by Crippen LogP contribution is -2.28. The SMILES string of the molecule is CCNC(=O)Nc1nc2cc(-c3cnccc3OC)cc(C(=O)NCC)n2n1. The lowest BCUT2D eigenvalue weighted by molar-refractivity contribution is 0.0948. The van der Waals surface area contributed by atoms with Gasteiger partial charge in [-0.05, 0) is 37.6 Å². The van der Waals surface area contributed by atoms with E-state index in [1.807, 2.05) is 6.92 Å². The van der Waals surface area contributed by atoms with Gasteiger partial charge in [-0.25, -0.2) is 9.31 Å². The number of anilines is 1. The summed E-state index contributed by atoms with van der Waals surface area (Å²) in [7, 11) is 1.56. The van der Waals surface area contributed by atoms with Crippen molar-refractivity contribution >= 4 is 23.5 Å². The molecule has 10 nitrogen and oxygen atoms in total. The lowest BCUT2D eigenvalue weighted by Gasteiger charge is -2.10. The van der Waals surface area contributed by atoms with E-state index in [2.05, 4.69) is 31.0 Å². The van der Waals surface area contributed by atoms with Crippen LogP contribution < -0.4 is 20.7 Å². The van der Waals surface area contributed by atoms with Crippen LogP contribution in [0, 0.1) is 0 Å². The number of amides is 3. The molecule has 0 spiro atoms. The minimum Gasteiger partial charge on any atom is -0.496 e. The van der Waals surface area contributed by atoms with E-state index in [9.17, 15) is 9.59 Å². The number of carbonyl (C=O) groups is 2. The molecule has 0 bridgehead atoms. The van der Waals surface area contributed by atoms with Gasteiger partial charge in [0.15, 0.2) is 5.65 Å². The molecule has 3 N–H and O–H groups in total. The highest BCUT2D eigenvalue weighted by atomic mass is 16.5. The number of pyridine rings is 2. The van der Waals surface area contributed by atoms with Gasteiger partial charge in [0, 0.05) is 31.0 Å². The third kappa shape index (κ3) is 3.85. The highest BCUT2D eigenvalue weighted by Crippen LogP contribution is 2.30. The Morgan fingerprint density at radius 2 is 1.96 bits per heavy atom. The molecule has 3 amide bonds. The summed E-state index contributed by atoms with van der Waals surface area (Å²) >= 11 is 0. The summed E-state index contributed by atoms with van der Waals surface area (Å²) in [6, 6.07) is 4.74. The Hall–Kier alpha value is -3.69. The highest BCUT2D eigenvalue weighted by molar-refractivity contribution is 5.95. The maximum atomic E-state index is 12.6. The molecule has 28 heavy (non-hydrogen) atoms. The highest BCUT2D eigenvalue weighted by Gasteiger charge is 2.18. The van der Waals surface area contributed by atoms with Gasteiger partial charge in [-0.2, -0.15) is 4.98 Å². The molecule has 0 saturated carbocycles. The Morgan fingerprint density at radius 1 is 1.18 bits per heavy atom. The normalized spacial score (nSPS) is 10.5. The monoisotopic (exact) mass is 383 g/mol. The molecular weight excluding hydrogens is 362 g/mol. The van der Waals surface area contributed by atoms with Crippen molar-refractivity contribution in [2.24, 2.45) is 0 Å². The maximum absolute atomic E-state index is 12.6. The van der Waals surface area contributed by atoms with Crippen molar-refractivity contribution < 1.29 is 14.3 Å². The van der Waals surface area contributed by atoms with Crippen molar-refractivity contribution in [3.8, 4) is 16.9 Å². The largest absolute Gasteiger partial charge is 0.496 e. The molecule has 0 radical (unpaired) electrons. The first-order chi connectivity index (χ1) is 13.6. The zero-order chi connectivity index (χ0) is 20.1. The molecule has 0 aliphatic rings.